The van der Waals surface area contributed by atoms with Crippen molar-refractivity contribution in [2.45, 2.75) is 37.9 Å². The summed E-state index contributed by atoms with van der Waals surface area (Å²) in [6, 6.07) is -0.286. The van der Waals surface area contributed by atoms with Crippen LogP contribution in [0.1, 0.15) is 25.7 Å². The Balaban J connectivity index is 2.40. The molecule has 6 heteroatoms. The summed E-state index contributed by atoms with van der Waals surface area (Å²) in [5.41, 5.74) is 0. The van der Waals surface area contributed by atoms with E-state index in [1.807, 2.05) is 0 Å². The van der Waals surface area contributed by atoms with Gasteiger partial charge in [-0.2, -0.15) is 13.2 Å². The van der Waals surface area contributed by atoms with Gasteiger partial charge >= 0.3 is 6.18 Å². The molecule has 1 fully saturated rings. The molecule has 1 atom stereocenters. The minimum atomic E-state index is -4.29. The Bertz CT molecular complexity index is 230. The third kappa shape index (κ3) is 3.70. The number of carbonyl (C=O) groups excluding carboxylic acids is 1. The van der Waals surface area contributed by atoms with Crippen molar-refractivity contribution in [3.05, 3.63) is 0 Å². The molecule has 1 aliphatic heterocycles. The van der Waals surface area contributed by atoms with Crippen LogP contribution in [0, 0.1) is 0 Å². The first-order valence-electron chi connectivity index (χ1n) is 4.91. The van der Waals surface area contributed by atoms with Gasteiger partial charge in [0.15, 0.2) is 0 Å². The summed E-state index contributed by atoms with van der Waals surface area (Å²) >= 11 is 0. The van der Waals surface area contributed by atoms with Gasteiger partial charge < -0.3 is 10.0 Å². The Labute approximate surface area is 85.9 Å². The standard InChI is InChI=1S/C9H14F3NO2/c10-9(11,12)4-3-8(15)13-5-1-2-7(13)6-14/h7,14H,1-6H2/t7-/m0/s1. The monoisotopic (exact) mass is 225 g/mol. The average Bonchev–Trinajstić information content (AvgIpc) is 2.60. The van der Waals surface area contributed by atoms with Gasteiger partial charge in [0.25, 0.3) is 0 Å². The lowest BCUT2D eigenvalue weighted by molar-refractivity contribution is -0.149. The van der Waals surface area contributed by atoms with E-state index < -0.39 is 24.9 Å². The van der Waals surface area contributed by atoms with E-state index in [-0.39, 0.29) is 12.6 Å². The fourth-order valence-corrected chi connectivity index (χ4v) is 1.75. The van der Waals surface area contributed by atoms with E-state index in [0.717, 1.165) is 6.42 Å². The van der Waals surface area contributed by atoms with Crippen molar-refractivity contribution in [1.82, 2.24) is 4.90 Å². The third-order valence-electron chi connectivity index (χ3n) is 2.53. The Morgan fingerprint density at radius 1 is 1.47 bits per heavy atom. The summed E-state index contributed by atoms with van der Waals surface area (Å²) in [4.78, 5) is 12.7. The molecule has 0 unspecified atom stereocenters. The van der Waals surface area contributed by atoms with Crippen molar-refractivity contribution in [1.29, 1.82) is 0 Å². The summed E-state index contributed by atoms with van der Waals surface area (Å²) in [6.45, 7) is 0.291. The normalized spacial score (nSPS) is 22.1. The number of hydrogen-bond donors (Lipinski definition) is 1. The second kappa shape index (κ2) is 4.83. The first-order valence-corrected chi connectivity index (χ1v) is 4.91. The van der Waals surface area contributed by atoms with E-state index in [4.69, 9.17) is 5.11 Å². The molecule has 0 aromatic rings. The molecule has 0 radical (unpaired) electrons. The van der Waals surface area contributed by atoms with E-state index in [9.17, 15) is 18.0 Å². The van der Waals surface area contributed by atoms with Gasteiger partial charge in [-0.3, -0.25) is 4.79 Å². The molecule has 88 valence electrons. The molecule has 0 spiro atoms. The van der Waals surface area contributed by atoms with E-state index in [0.29, 0.717) is 13.0 Å². The fraction of sp³-hybridized carbons (Fsp3) is 0.889. The quantitative estimate of drug-likeness (QED) is 0.786. The van der Waals surface area contributed by atoms with Crippen LogP contribution in [0.5, 0.6) is 0 Å². The molecule has 0 aromatic carbocycles. The molecule has 1 heterocycles. The smallest absolute Gasteiger partial charge is 0.389 e. The van der Waals surface area contributed by atoms with Crippen LogP contribution < -0.4 is 0 Å². The van der Waals surface area contributed by atoms with Gasteiger partial charge in [-0.25, -0.2) is 0 Å². The fourth-order valence-electron chi connectivity index (χ4n) is 1.75. The highest BCUT2D eigenvalue weighted by Crippen LogP contribution is 2.24. The first kappa shape index (κ1) is 12.3. The summed E-state index contributed by atoms with van der Waals surface area (Å²) in [7, 11) is 0. The Hall–Kier alpha value is -0.780. The van der Waals surface area contributed by atoms with Crippen molar-refractivity contribution in [3.63, 3.8) is 0 Å². The van der Waals surface area contributed by atoms with Crippen LogP contribution in [0.15, 0.2) is 0 Å². The van der Waals surface area contributed by atoms with Gasteiger partial charge in [0, 0.05) is 13.0 Å². The molecule has 1 rings (SSSR count). The van der Waals surface area contributed by atoms with Crippen LogP contribution >= 0.6 is 0 Å². The van der Waals surface area contributed by atoms with Crippen LogP contribution in [0.4, 0.5) is 13.2 Å². The zero-order chi connectivity index (χ0) is 11.5. The van der Waals surface area contributed by atoms with Gasteiger partial charge in [-0.15, -0.1) is 0 Å². The van der Waals surface area contributed by atoms with E-state index in [1.54, 1.807) is 0 Å². The molecule has 1 saturated heterocycles. The van der Waals surface area contributed by atoms with Gasteiger partial charge in [0.05, 0.1) is 19.1 Å². The Morgan fingerprint density at radius 3 is 2.67 bits per heavy atom. The number of aliphatic hydroxyl groups is 1. The van der Waals surface area contributed by atoms with Crippen LogP contribution in [-0.4, -0.2) is 41.3 Å². The molecule has 15 heavy (non-hydrogen) atoms. The van der Waals surface area contributed by atoms with Gasteiger partial charge in [0.1, 0.15) is 0 Å². The van der Waals surface area contributed by atoms with Crippen LogP contribution in [0.3, 0.4) is 0 Å². The number of nitrogens with zero attached hydrogens (tertiary/aromatic N) is 1. The number of carbonyl (C=O) groups is 1. The molecule has 1 aliphatic rings. The number of halogens is 3. The van der Waals surface area contributed by atoms with Gasteiger partial charge in [0.2, 0.25) is 5.91 Å². The predicted octanol–water partition coefficient (Wildman–Crippen LogP) is 1.31. The SMILES string of the molecule is O=C(CCC(F)(F)F)N1CCC[C@H]1CO. The molecular formula is C9H14F3NO2. The highest BCUT2D eigenvalue weighted by molar-refractivity contribution is 5.76. The zero-order valence-corrected chi connectivity index (χ0v) is 8.26. The number of amides is 1. The predicted molar refractivity (Wildman–Crippen MR) is 47.1 cm³/mol. The van der Waals surface area contributed by atoms with E-state index in [1.165, 1.54) is 4.90 Å². The minimum absolute atomic E-state index is 0.169. The Kier molecular flexibility index (Phi) is 3.96. The molecular weight excluding hydrogens is 211 g/mol. The number of rotatable bonds is 3. The molecule has 1 N–H and O–H groups in total. The van der Waals surface area contributed by atoms with Crippen molar-refractivity contribution < 1.29 is 23.1 Å². The molecule has 0 aliphatic carbocycles. The van der Waals surface area contributed by atoms with Gasteiger partial charge in [-0.1, -0.05) is 0 Å². The number of likely N-dealkylation sites (tertiary alicyclic amines) is 1. The Morgan fingerprint density at radius 2 is 2.13 bits per heavy atom. The van der Waals surface area contributed by atoms with Crippen molar-refractivity contribution in [2.75, 3.05) is 13.2 Å². The topological polar surface area (TPSA) is 40.5 Å². The summed E-state index contributed by atoms with van der Waals surface area (Å²) in [5, 5.41) is 8.90. The van der Waals surface area contributed by atoms with E-state index in [2.05, 4.69) is 0 Å². The summed E-state index contributed by atoms with van der Waals surface area (Å²) in [5.74, 6) is -0.510. The number of alkyl halides is 3. The molecule has 3 nitrogen and oxygen atoms in total. The molecule has 0 bridgehead atoms. The maximum atomic E-state index is 11.9. The number of hydrogen-bond acceptors (Lipinski definition) is 2. The lowest BCUT2D eigenvalue weighted by Gasteiger charge is -2.23. The first-order chi connectivity index (χ1) is 6.94. The highest BCUT2D eigenvalue weighted by atomic mass is 19.4. The molecule has 0 aromatic heterocycles. The average molecular weight is 225 g/mol. The van der Waals surface area contributed by atoms with Crippen LogP contribution in [0.2, 0.25) is 0 Å². The second-order valence-electron chi connectivity index (χ2n) is 3.68. The zero-order valence-electron chi connectivity index (χ0n) is 8.26. The van der Waals surface area contributed by atoms with Crippen LogP contribution in [0.25, 0.3) is 0 Å². The van der Waals surface area contributed by atoms with Crippen molar-refractivity contribution >= 4 is 5.91 Å². The second-order valence-corrected chi connectivity index (χ2v) is 3.68. The lowest BCUT2D eigenvalue weighted by atomic mass is 10.2. The summed E-state index contributed by atoms with van der Waals surface area (Å²) < 4.78 is 35.6. The lowest BCUT2D eigenvalue weighted by Crippen LogP contribution is -2.38. The maximum absolute atomic E-state index is 11.9. The largest absolute Gasteiger partial charge is 0.394 e. The van der Waals surface area contributed by atoms with Crippen molar-refractivity contribution in [3.8, 4) is 0 Å². The minimum Gasteiger partial charge on any atom is -0.394 e. The highest BCUT2D eigenvalue weighted by Gasteiger charge is 2.32. The van der Waals surface area contributed by atoms with Crippen LogP contribution in [-0.2, 0) is 4.79 Å². The molecule has 1 amide bonds. The van der Waals surface area contributed by atoms with E-state index >= 15 is 0 Å². The van der Waals surface area contributed by atoms with Crippen molar-refractivity contribution in [2.24, 2.45) is 0 Å². The molecule has 0 saturated carbocycles. The van der Waals surface area contributed by atoms with Gasteiger partial charge in [-0.05, 0) is 12.8 Å². The third-order valence-corrected chi connectivity index (χ3v) is 2.53. The maximum Gasteiger partial charge on any atom is 0.389 e. The number of aliphatic hydroxyl groups excluding tert-OH is 1. The summed E-state index contributed by atoms with van der Waals surface area (Å²) in [6.07, 6.45) is -4.46.